The lowest BCUT2D eigenvalue weighted by Gasteiger charge is -2.13. The molecule has 4 aromatic rings. The number of rotatable bonds is 6. The van der Waals surface area contributed by atoms with Gasteiger partial charge in [0.25, 0.3) is 15.7 Å². The first kappa shape index (κ1) is 22.4. The molecule has 0 aliphatic heterocycles. The van der Waals surface area contributed by atoms with Crippen LogP contribution >= 0.6 is 11.6 Å². The summed E-state index contributed by atoms with van der Waals surface area (Å²) in [5.41, 5.74) is 3.49. The minimum absolute atomic E-state index is 0.157. The van der Waals surface area contributed by atoms with Crippen LogP contribution < -0.4 is 0 Å². The maximum Gasteiger partial charge on any atom is 0.289 e. The van der Waals surface area contributed by atoms with E-state index in [1.807, 2.05) is 31.3 Å². The summed E-state index contributed by atoms with van der Waals surface area (Å²) in [5.74, 6) is 0. The highest BCUT2D eigenvalue weighted by Crippen LogP contribution is 2.28. The Balaban J connectivity index is 1.69. The van der Waals surface area contributed by atoms with Gasteiger partial charge in [0.05, 0.1) is 27.9 Å². The van der Waals surface area contributed by atoms with Crippen LogP contribution in [0.3, 0.4) is 0 Å². The second-order valence-corrected chi connectivity index (χ2v) is 9.44. The van der Waals surface area contributed by atoms with E-state index in [1.54, 1.807) is 23.0 Å². The van der Waals surface area contributed by atoms with Crippen LogP contribution in [0.15, 0.2) is 71.2 Å². The molecule has 4 rings (SSSR count). The lowest BCUT2D eigenvalue weighted by atomic mass is 10.1. The van der Waals surface area contributed by atoms with E-state index in [4.69, 9.17) is 11.6 Å². The number of nitrogens with zero attached hydrogens (tertiary/aromatic N) is 6. The number of pyridine rings is 2. The van der Waals surface area contributed by atoms with Crippen molar-refractivity contribution in [1.29, 1.82) is 0 Å². The Morgan fingerprint density at radius 3 is 2.70 bits per heavy atom. The fourth-order valence-corrected chi connectivity index (χ4v) is 4.37. The lowest BCUT2D eigenvalue weighted by molar-refractivity contribution is -0.384. The molecule has 0 bridgehead atoms. The summed E-state index contributed by atoms with van der Waals surface area (Å²) in [4.78, 5) is 18.6. The maximum atomic E-state index is 12.9. The first-order valence-electron chi connectivity index (χ1n) is 9.53. The molecule has 0 fully saturated rings. The number of halogens is 1. The number of hydrogen-bond acceptors (Lipinski definition) is 7. The van der Waals surface area contributed by atoms with E-state index in [1.165, 1.54) is 19.3 Å². The molecule has 3 heterocycles. The molecule has 0 aliphatic rings. The molecule has 0 saturated carbocycles. The van der Waals surface area contributed by atoms with E-state index < -0.39 is 20.6 Å². The van der Waals surface area contributed by atoms with Crippen LogP contribution in [-0.4, -0.2) is 45.4 Å². The van der Waals surface area contributed by atoms with Crippen molar-refractivity contribution in [1.82, 2.24) is 18.8 Å². The summed E-state index contributed by atoms with van der Waals surface area (Å²) in [6.45, 7) is 1.92. The second kappa shape index (κ2) is 8.60. The van der Waals surface area contributed by atoms with Gasteiger partial charge < -0.3 is 0 Å². The molecule has 12 heteroatoms. The van der Waals surface area contributed by atoms with Gasteiger partial charge in [0, 0.05) is 42.8 Å². The maximum absolute atomic E-state index is 12.9. The highest BCUT2D eigenvalue weighted by Gasteiger charge is 2.24. The molecule has 0 atom stereocenters. The number of aryl methyl sites for hydroxylation is 1. The van der Waals surface area contributed by atoms with E-state index in [-0.39, 0.29) is 9.92 Å². The number of hydrogen-bond donors (Lipinski definition) is 0. The molecule has 0 spiro atoms. The van der Waals surface area contributed by atoms with Crippen molar-refractivity contribution in [3.05, 3.63) is 87.6 Å². The summed E-state index contributed by atoms with van der Waals surface area (Å²) in [7, 11) is -2.91. The third-order valence-electron chi connectivity index (χ3n) is 4.93. The normalized spacial score (nSPS) is 11.8. The summed E-state index contributed by atoms with van der Waals surface area (Å²) < 4.78 is 28.2. The van der Waals surface area contributed by atoms with Gasteiger partial charge in [-0.15, -0.1) is 0 Å². The Hall–Kier alpha value is -3.83. The van der Waals surface area contributed by atoms with Crippen LogP contribution in [0.25, 0.3) is 16.8 Å². The number of nitro groups is 1. The average molecular weight is 485 g/mol. The number of imidazole rings is 1. The minimum atomic E-state index is -4.14. The van der Waals surface area contributed by atoms with Crippen molar-refractivity contribution < 1.29 is 13.3 Å². The van der Waals surface area contributed by atoms with E-state index in [0.29, 0.717) is 11.3 Å². The van der Waals surface area contributed by atoms with Crippen LogP contribution in [0.4, 0.5) is 5.69 Å². The zero-order valence-electron chi connectivity index (χ0n) is 17.5. The number of hydrazone groups is 1. The van der Waals surface area contributed by atoms with Gasteiger partial charge in [-0.05, 0) is 36.8 Å². The van der Waals surface area contributed by atoms with Gasteiger partial charge in [0.15, 0.2) is 0 Å². The SMILES string of the molecule is Cc1cc(-c2cccnc2)cn2c(C=NN(C)S(=O)(=O)c3ccc(Cl)c([N+](=O)[O-])c3)cnc12. The van der Waals surface area contributed by atoms with E-state index in [0.717, 1.165) is 33.2 Å². The Morgan fingerprint density at radius 1 is 1.21 bits per heavy atom. The predicted molar refractivity (Wildman–Crippen MR) is 124 cm³/mol. The quantitative estimate of drug-likeness (QED) is 0.232. The topological polar surface area (TPSA) is 123 Å². The van der Waals surface area contributed by atoms with E-state index in [9.17, 15) is 18.5 Å². The zero-order chi connectivity index (χ0) is 23.8. The molecule has 0 unspecified atom stereocenters. The number of sulfonamides is 1. The molecule has 10 nitrogen and oxygen atoms in total. The van der Waals surface area contributed by atoms with Gasteiger partial charge in [-0.3, -0.25) is 19.5 Å². The number of benzene rings is 1. The van der Waals surface area contributed by atoms with E-state index in [2.05, 4.69) is 15.1 Å². The van der Waals surface area contributed by atoms with Crippen molar-refractivity contribution in [3.63, 3.8) is 0 Å². The Labute approximate surface area is 194 Å². The first-order valence-corrected chi connectivity index (χ1v) is 11.4. The molecule has 0 radical (unpaired) electrons. The predicted octanol–water partition coefficient (Wildman–Crippen LogP) is 3.92. The van der Waals surface area contributed by atoms with Crippen LogP contribution in [0, 0.1) is 17.0 Å². The monoisotopic (exact) mass is 484 g/mol. The van der Waals surface area contributed by atoms with E-state index >= 15 is 0 Å². The van der Waals surface area contributed by atoms with Crippen molar-refractivity contribution >= 4 is 39.2 Å². The Morgan fingerprint density at radius 2 is 2.00 bits per heavy atom. The number of nitro benzene ring substituents is 1. The third-order valence-corrected chi connectivity index (χ3v) is 6.89. The largest absolute Gasteiger partial charge is 0.298 e. The van der Waals surface area contributed by atoms with Gasteiger partial charge in [-0.1, -0.05) is 17.7 Å². The summed E-state index contributed by atoms with van der Waals surface area (Å²) in [6.07, 6.45) is 8.23. The molecule has 0 amide bonds. The van der Waals surface area contributed by atoms with Crippen molar-refractivity contribution in [2.45, 2.75) is 11.8 Å². The number of aromatic nitrogens is 3. The number of fused-ring (bicyclic) bond motifs is 1. The van der Waals surface area contributed by atoms with Crippen LogP contribution in [0.5, 0.6) is 0 Å². The summed E-state index contributed by atoms with van der Waals surface area (Å²) in [5, 5.41) is 15.0. The minimum Gasteiger partial charge on any atom is -0.298 e. The molecule has 33 heavy (non-hydrogen) atoms. The van der Waals surface area contributed by atoms with Crippen molar-refractivity contribution in [2.75, 3.05) is 7.05 Å². The second-order valence-electron chi connectivity index (χ2n) is 7.08. The molecule has 1 aromatic carbocycles. The van der Waals surface area contributed by atoms with Gasteiger partial charge in [-0.25, -0.2) is 4.98 Å². The van der Waals surface area contributed by atoms with Gasteiger partial charge in [0.2, 0.25) is 0 Å². The summed E-state index contributed by atoms with van der Waals surface area (Å²) >= 11 is 5.78. The fourth-order valence-electron chi connectivity index (χ4n) is 3.21. The van der Waals surface area contributed by atoms with Crippen LogP contribution in [0.2, 0.25) is 5.02 Å². The Bertz CT molecular complexity index is 1500. The molecule has 0 saturated heterocycles. The summed E-state index contributed by atoms with van der Waals surface area (Å²) in [6, 6.07) is 9.02. The highest BCUT2D eigenvalue weighted by atomic mass is 35.5. The molecule has 0 N–H and O–H groups in total. The smallest absolute Gasteiger partial charge is 0.289 e. The zero-order valence-corrected chi connectivity index (χ0v) is 19.0. The average Bonchev–Trinajstić information content (AvgIpc) is 3.21. The van der Waals surface area contributed by atoms with Crippen molar-refractivity contribution in [3.8, 4) is 11.1 Å². The molecule has 0 aliphatic carbocycles. The van der Waals surface area contributed by atoms with Crippen molar-refractivity contribution in [2.24, 2.45) is 5.10 Å². The van der Waals surface area contributed by atoms with Crippen LogP contribution in [-0.2, 0) is 10.0 Å². The third kappa shape index (κ3) is 4.28. The molecular formula is C21H17ClN6O4S. The molecule has 168 valence electrons. The fraction of sp³-hybridized carbons (Fsp3) is 0.0952. The first-order chi connectivity index (χ1) is 15.7. The highest BCUT2D eigenvalue weighted by molar-refractivity contribution is 7.89. The van der Waals surface area contributed by atoms with Gasteiger partial charge in [-0.2, -0.15) is 17.9 Å². The standard InChI is InChI=1S/C21H17ClN6O4S/c1-14-8-16(15-4-3-7-23-10-15)13-27-17(11-24-21(14)27)12-25-26(2)33(31,32)18-5-6-19(22)20(9-18)28(29)30/h3-13H,1-2H3. The lowest BCUT2D eigenvalue weighted by Crippen LogP contribution is -2.22. The van der Waals surface area contributed by atoms with Gasteiger partial charge >= 0.3 is 0 Å². The molecule has 3 aromatic heterocycles. The van der Waals surface area contributed by atoms with Gasteiger partial charge in [0.1, 0.15) is 10.7 Å². The Kier molecular flexibility index (Phi) is 5.83. The molecular weight excluding hydrogens is 468 g/mol. The van der Waals surface area contributed by atoms with Crippen LogP contribution in [0.1, 0.15) is 11.3 Å².